The van der Waals surface area contributed by atoms with Crippen LogP contribution in [0.4, 0.5) is 0 Å². The van der Waals surface area contributed by atoms with Crippen molar-refractivity contribution in [3.05, 3.63) is 30.3 Å². The number of benzene rings is 1. The largest absolute Gasteiger partial charge is 0.492 e. The van der Waals surface area contributed by atoms with Gasteiger partial charge in [0.1, 0.15) is 12.4 Å². The summed E-state index contributed by atoms with van der Waals surface area (Å²) in [5.74, 6) is 3.06. The molecule has 0 aliphatic rings. The highest BCUT2D eigenvalue weighted by atomic mass is 32.2. The van der Waals surface area contributed by atoms with Gasteiger partial charge in [-0.15, -0.1) is 0 Å². The average molecular weight is 309 g/mol. The van der Waals surface area contributed by atoms with Gasteiger partial charge in [-0.25, -0.2) is 0 Å². The Kier molecular flexibility index (Phi) is 9.53. The lowest BCUT2D eigenvalue weighted by molar-refractivity contribution is 0.281. The number of unbranched alkanes of at least 4 members (excludes halogenated alkanes) is 1. The van der Waals surface area contributed by atoms with Crippen LogP contribution in [0.25, 0.3) is 0 Å². The van der Waals surface area contributed by atoms with Crippen molar-refractivity contribution in [2.24, 2.45) is 4.99 Å². The third-order valence-electron chi connectivity index (χ3n) is 3.07. The minimum atomic E-state index is 0.647. The molecule has 0 saturated carbocycles. The van der Waals surface area contributed by atoms with Gasteiger partial charge in [-0.05, 0) is 37.0 Å². The van der Waals surface area contributed by atoms with E-state index in [1.54, 1.807) is 0 Å². The molecule has 0 amide bonds. The maximum Gasteiger partial charge on any atom is 0.193 e. The third kappa shape index (κ3) is 7.85. The van der Waals surface area contributed by atoms with Gasteiger partial charge < -0.3 is 15.0 Å². The molecule has 0 unspecified atom stereocenters. The topological polar surface area (TPSA) is 36.9 Å². The first-order chi connectivity index (χ1) is 10.3. The van der Waals surface area contributed by atoms with Crippen LogP contribution < -0.4 is 10.1 Å². The van der Waals surface area contributed by atoms with Gasteiger partial charge >= 0.3 is 0 Å². The smallest absolute Gasteiger partial charge is 0.193 e. The summed E-state index contributed by atoms with van der Waals surface area (Å²) >= 11 is 1.90. The molecule has 4 nitrogen and oxygen atoms in total. The Morgan fingerprint density at radius 1 is 1.29 bits per heavy atom. The maximum absolute atomic E-state index is 5.70. The van der Waals surface area contributed by atoms with Crippen molar-refractivity contribution < 1.29 is 4.74 Å². The van der Waals surface area contributed by atoms with Gasteiger partial charge in [0, 0.05) is 20.6 Å². The van der Waals surface area contributed by atoms with E-state index in [9.17, 15) is 0 Å². The zero-order valence-corrected chi connectivity index (χ0v) is 14.2. The van der Waals surface area contributed by atoms with Crippen molar-refractivity contribution in [1.29, 1.82) is 0 Å². The molecule has 0 aromatic heterocycles. The van der Waals surface area contributed by atoms with E-state index in [0.717, 1.165) is 24.8 Å². The van der Waals surface area contributed by atoms with E-state index in [1.165, 1.54) is 18.6 Å². The second kappa shape index (κ2) is 11.3. The number of aliphatic imine (C=N–C) groups is 1. The SMILES string of the molecule is CN=C(NCCCCSC)N(C)CCOc1ccccc1. The maximum atomic E-state index is 5.70. The summed E-state index contributed by atoms with van der Waals surface area (Å²) in [7, 11) is 3.85. The molecule has 1 aromatic carbocycles. The number of nitrogens with one attached hydrogen (secondary N) is 1. The van der Waals surface area contributed by atoms with Gasteiger partial charge in [-0.3, -0.25) is 4.99 Å². The fourth-order valence-electron chi connectivity index (χ4n) is 1.88. The van der Waals surface area contributed by atoms with Crippen molar-refractivity contribution in [2.45, 2.75) is 12.8 Å². The summed E-state index contributed by atoms with van der Waals surface area (Å²) in [4.78, 5) is 6.40. The van der Waals surface area contributed by atoms with Crippen LogP contribution in [-0.4, -0.2) is 56.7 Å². The number of rotatable bonds is 9. The Morgan fingerprint density at radius 2 is 2.05 bits per heavy atom. The summed E-state index contributed by atoms with van der Waals surface area (Å²) in [5, 5.41) is 3.39. The van der Waals surface area contributed by atoms with Gasteiger partial charge in [-0.1, -0.05) is 18.2 Å². The zero-order chi connectivity index (χ0) is 15.3. The van der Waals surface area contributed by atoms with Crippen LogP contribution in [0.2, 0.25) is 0 Å². The molecule has 0 bridgehead atoms. The summed E-state index contributed by atoms with van der Waals surface area (Å²) in [5.41, 5.74) is 0. The third-order valence-corrected chi connectivity index (χ3v) is 3.77. The Morgan fingerprint density at radius 3 is 2.71 bits per heavy atom. The van der Waals surface area contributed by atoms with Crippen LogP contribution in [0.5, 0.6) is 5.75 Å². The number of guanidine groups is 1. The Hall–Kier alpha value is -1.36. The minimum absolute atomic E-state index is 0.647. The van der Waals surface area contributed by atoms with Crippen molar-refractivity contribution >= 4 is 17.7 Å². The average Bonchev–Trinajstić information content (AvgIpc) is 2.52. The standard InChI is InChI=1S/C16H27N3OS/c1-17-16(18-11-7-8-14-21-3)19(2)12-13-20-15-9-5-4-6-10-15/h4-6,9-10H,7-8,11-14H2,1-3H3,(H,17,18). The minimum Gasteiger partial charge on any atom is -0.492 e. The lowest BCUT2D eigenvalue weighted by Gasteiger charge is -2.22. The molecule has 1 rings (SSSR count). The highest BCUT2D eigenvalue weighted by Crippen LogP contribution is 2.07. The second-order valence-corrected chi connectivity index (χ2v) is 5.74. The van der Waals surface area contributed by atoms with Gasteiger partial charge in [0.15, 0.2) is 5.96 Å². The van der Waals surface area contributed by atoms with Gasteiger partial charge in [0.05, 0.1) is 6.54 Å². The van der Waals surface area contributed by atoms with Gasteiger partial charge in [-0.2, -0.15) is 11.8 Å². The summed E-state index contributed by atoms with van der Waals surface area (Å²) in [6.45, 7) is 2.42. The predicted molar refractivity (Wildman–Crippen MR) is 93.5 cm³/mol. The molecule has 5 heteroatoms. The highest BCUT2D eigenvalue weighted by molar-refractivity contribution is 7.98. The number of nitrogens with zero attached hydrogens (tertiary/aromatic N) is 2. The van der Waals surface area contributed by atoms with Crippen LogP contribution in [0.1, 0.15) is 12.8 Å². The van der Waals surface area contributed by atoms with E-state index in [0.29, 0.717) is 6.61 Å². The first-order valence-corrected chi connectivity index (χ1v) is 8.76. The molecule has 0 radical (unpaired) electrons. The van der Waals surface area contributed by atoms with Crippen LogP contribution in [0, 0.1) is 0 Å². The molecule has 0 atom stereocenters. The number of ether oxygens (including phenoxy) is 1. The zero-order valence-electron chi connectivity index (χ0n) is 13.3. The molecule has 0 spiro atoms. The van der Waals surface area contributed by atoms with Crippen LogP contribution >= 0.6 is 11.8 Å². The fraction of sp³-hybridized carbons (Fsp3) is 0.562. The highest BCUT2D eigenvalue weighted by Gasteiger charge is 2.05. The molecule has 21 heavy (non-hydrogen) atoms. The van der Waals surface area contributed by atoms with Crippen LogP contribution in [-0.2, 0) is 0 Å². The van der Waals surface area contributed by atoms with E-state index in [-0.39, 0.29) is 0 Å². The second-order valence-electron chi connectivity index (χ2n) is 4.76. The molecule has 1 aromatic rings. The van der Waals surface area contributed by atoms with E-state index >= 15 is 0 Å². The first kappa shape index (κ1) is 17.7. The fourth-order valence-corrected chi connectivity index (χ4v) is 2.37. The molecule has 0 aliphatic heterocycles. The summed E-state index contributed by atoms with van der Waals surface area (Å²) < 4.78 is 5.70. The number of hydrogen-bond donors (Lipinski definition) is 1. The summed E-state index contributed by atoms with van der Waals surface area (Å²) in [6.07, 6.45) is 4.56. The lowest BCUT2D eigenvalue weighted by Crippen LogP contribution is -2.41. The molecular weight excluding hydrogens is 282 g/mol. The predicted octanol–water partition coefficient (Wildman–Crippen LogP) is 2.72. The van der Waals surface area contributed by atoms with Crippen molar-refractivity contribution in [1.82, 2.24) is 10.2 Å². The first-order valence-electron chi connectivity index (χ1n) is 7.36. The normalized spacial score (nSPS) is 11.3. The number of likely N-dealkylation sites (N-methyl/N-ethyl adjacent to an activating group) is 1. The quantitative estimate of drug-likeness (QED) is 0.432. The Balaban J connectivity index is 2.20. The van der Waals surface area contributed by atoms with Crippen molar-refractivity contribution in [3.8, 4) is 5.75 Å². The molecular formula is C16H27N3OS. The summed E-state index contributed by atoms with van der Waals surface area (Å²) in [6, 6.07) is 9.89. The number of thioether (sulfide) groups is 1. The van der Waals surface area contributed by atoms with Crippen molar-refractivity contribution in [2.75, 3.05) is 45.8 Å². The molecule has 0 aliphatic carbocycles. The Labute approximate surface area is 133 Å². The molecule has 0 saturated heterocycles. The van der Waals surface area contributed by atoms with E-state index in [1.807, 2.05) is 56.2 Å². The monoisotopic (exact) mass is 309 g/mol. The van der Waals surface area contributed by atoms with E-state index in [2.05, 4.69) is 21.5 Å². The van der Waals surface area contributed by atoms with Crippen LogP contribution in [0.3, 0.4) is 0 Å². The molecule has 0 heterocycles. The van der Waals surface area contributed by atoms with E-state index < -0.39 is 0 Å². The van der Waals surface area contributed by atoms with E-state index in [4.69, 9.17) is 4.74 Å². The molecule has 0 fully saturated rings. The molecule has 118 valence electrons. The van der Waals surface area contributed by atoms with Crippen molar-refractivity contribution in [3.63, 3.8) is 0 Å². The lowest BCUT2D eigenvalue weighted by atomic mass is 10.3. The number of para-hydroxylation sites is 1. The van der Waals surface area contributed by atoms with Crippen LogP contribution in [0.15, 0.2) is 35.3 Å². The number of hydrogen-bond acceptors (Lipinski definition) is 3. The molecule has 1 N–H and O–H groups in total. The van der Waals surface area contributed by atoms with Gasteiger partial charge in [0.25, 0.3) is 0 Å². The van der Waals surface area contributed by atoms with Gasteiger partial charge in [0.2, 0.25) is 0 Å². The Bertz CT molecular complexity index is 398.